The average molecular weight is 277 g/mol. The molecule has 1 aromatic rings. The molecule has 0 spiro atoms. The van der Waals surface area contributed by atoms with Gasteiger partial charge in [-0.25, -0.2) is 4.79 Å². The van der Waals surface area contributed by atoms with Crippen molar-refractivity contribution in [2.24, 2.45) is 0 Å². The molecule has 20 heavy (non-hydrogen) atoms. The molecule has 4 nitrogen and oxygen atoms in total. The van der Waals surface area contributed by atoms with Gasteiger partial charge in [0.15, 0.2) is 0 Å². The molecule has 0 saturated carbocycles. The fourth-order valence-electron chi connectivity index (χ4n) is 2.68. The van der Waals surface area contributed by atoms with Gasteiger partial charge in [0.2, 0.25) is 0 Å². The first-order valence-corrected chi connectivity index (χ1v) is 7.42. The number of rotatable bonds is 4. The first-order chi connectivity index (χ1) is 9.56. The van der Waals surface area contributed by atoms with Crippen LogP contribution in [0.25, 0.3) is 0 Å². The molecule has 1 aliphatic rings. The van der Waals surface area contributed by atoms with Crippen molar-refractivity contribution in [1.82, 2.24) is 4.98 Å². The van der Waals surface area contributed by atoms with Crippen LogP contribution < -0.4 is 0 Å². The van der Waals surface area contributed by atoms with E-state index in [0.717, 1.165) is 36.2 Å². The van der Waals surface area contributed by atoms with Gasteiger partial charge in [-0.05, 0) is 33.3 Å². The van der Waals surface area contributed by atoms with E-state index in [9.17, 15) is 4.79 Å². The summed E-state index contributed by atoms with van der Waals surface area (Å²) in [5.74, 6) is -0.280. The van der Waals surface area contributed by atoms with Crippen molar-refractivity contribution in [2.45, 2.75) is 59.2 Å². The van der Waals surface area contributed by atoms with Crippen molar-refractivity contribution >= 4 is 5.97 Å². The van der Waals surface area contributed by atoms with Crippen LogP contribution in [0.2, 0.25) is 0 Å². The van der Waals surface area contributed by atoms with Gasteiger partial charge in [-0.2, -0.15) is 0 Å². The molecule has 0 bridgehead atoms. The Morgan fingerprint density at radius 2 is 2.20 bits per heavy atom. The molecule has 0 fully saturated rings. The molecule has 1 aliphatic heterocycles. The Labute approximate surface area is 120 Å². The van der Waals surface area contributed by atoms with Gasteiger partial charge in [-0.1, -0.05) is 13.3 Å². The highest BCUT2D eigenvalue weighted by molar-refractivity contribution is 5.91. The van der Waals surface area contributed by atoms with Crippen LogP contribution in [0.3, 0.4) is 0 Å². The molecule has 0 N–H and O–H groups in total. The van der Waals surface area contributed by atoms with E-state index in [1.807, 2.05) is 19.9 Å². The summed E-state index contributed by atoms with van der Waals surface area (Å²) in [5, 5.41) is 0. The molecule has 2 heterocycles. The summed E-state index contributed by atoms with van der Waals surface area (Å²) >= 11 is 0. The Hall–Kier alpha value is -1.42. The van der Waals surface area contributed by atoms with Crippen LogP contribution in [-0.2, 0) is 22.3 Å². The number of carbonyl (C=O) groups excluding carboxylic acids is 1. The molecule has 1 aromatic heterocycles. The third-order valence-electron chi connectivity index (χ3n) is 3.55. The van der Waals surface area contributed by atoms with Crippen LogP contribution in [0, 0.1) is 0 Å². The van der Waals surface area contributed by atoms with Gasteiger partial charge in [0.05, 0.1) is 30.1 Å². The van der Waals surface area contributed by atoms with E-state index < -0.39 is 0 Å². The maximum absolute atomic E-state index is 12.1. The lowest BCUT2D eigenvalue weighted by molar-refractivity contribution is -0.00608. The number of ether oxygens (including phenoxy) is 2. The Morgan fingerprint density at radius 3 is 2.85 bits per heavy atom. The zero-order valence-electron chi connectivity index (χ0n) is 12.7. The molecular weight excluding hydrogens is 254 g/mol. The summed E-state index contributed by atoms with van der Waals surface area (Å²) in [6, 6.07) is 1.92. The Balaban J connectivity index is 2.45. The van der Waals surface area contributed by atoms with E-state index in [-0.39, 0.29) is 18.2 Å². The fraction of sp³-hybridized carbons (Fsp3) is 0.625. The zero-order chi connectivity index (χ0) is 14.7. The smallest absolute Gasteiger partial charge is 0.339 e. The van der Waals surface area contributed by atoms with Crippen LogP contribution in [-0.4, -0.2) is 23.7 Å². The van der Waals surface area contributed by atoms with Gasteiger partial charge in [0.25, 0.3) is 0 Å². The largest absolute Gasteiger partial charge is 0.462 e. The van der Waals surface area contributed by atoms with Gasteiger partial charge < -0.3 is 9.47 Å². The van der Waals surface area contributed by atoms with E-state index in [1.54, 1.807) is 0 Å². The van der Waals surface area contributed by atoms with Gasteiger partial charge >= 0.3 is 5.97 Å². The lowest BCUT2D eigenvalue weighted by atomic mass is 9.96. The molecule has 0 saturated heterocycles. The minimum atomic E-state index is -0.280. The van der Waals surface area contributed by atoms with Crippen molar-refractivity contribution in [3.63, 3.8) is 0 Å². The van der Waals surface area contributed by atoms with E-state index in [2.05, 4.69) is 13.8 Å². The predicted octanol–water partition coefficient (Wildman–Crippen LogP) is 3.23. The molecule has 2 atom stereocenters. The molecule has 2 unspecified atom stereocenters. The predicted molar refractivity (Wildman–Crippen MR) is 76.9 cm³/mol. The van der Waals surface area contributed by atoms with Crippen LogP contribution in [0.15, 0.2) is 6.07 Å². The second kappa shape index (κ2) is 6.35. The van der Waals surface area contributed by atoms with E-state index in [4.69, 9.17) is 14.5 Å². The third kappa shape index (κ3) is 3.01. The van der Waals surface area contributed by atoms with Crippen LogP contribution in [0.1, 0.15) is 67.5 Å². The van der Waals surface area contributed by atoms with Crippen molar-refractivity contribution in [2.75, 3.05) is 6.61 Å². The number of nitrogens with zero attached hydrogens (tertiary/aromatic N) is 1. The highest BCUT2D eigenvalue weighted by Crippen LogP contribution is 2.30. The molecule has 0 aliphatic carbocycles. The number of aromatic nitrogens is 1. The minimum absolute atomic E-state index is 0.0231. The lowest BCUT2D eigenvalue weighted by Crippen LogP contribution is -2.25. The van der Waals surface area contributed by atoms with Gasteiger partial charge in [-0.3, -0.25) is 4.98 Å². The van der Waals surface area contributed by atoms with Crippen molar-refractivity contribution in [1.29, 1.82) is 0 Å². The summed E-state index contributed by atoms with van der Waals surface area (Å²) in [6.45, 7) is 8.34. The second-order valence-electron chi connectivity index (χ2n) is 5.28. The van der Waals surface area contributed by atoms with Crippen molar-refractivity contribution in [3.8, 4) is 0 Å². The summed E-state index contributed by atoms with van der Waals surface area (Å²) < 4.78 is 11.0. The molecule has 0 aromatic carbocycles. The summed E-state index contributed by atoms with van der Waals surface area (Å²) in [4.78, 5) is 16.8. The van der Waals surface area contributed by atoms with Crippen LogP contribution >= 0.6 is 0 Å². The molecule has 0 amide bonds. The zero-order valence-corrected chi connectivity index (χ0v) is 12.7. The Kier molecular flexibility index (Phi) is 4.76. The van der Waals surface area contributed by atoms with Crippen LogP contribution in [0.4, 0.5) is 0 Å². The number of pyridine rings is 1. The van der Waals surface area contributed by atoms with Crippen molar-refractivity contribution < 1.29 is 14.3 Å². The number of hydrogen-bond donors (Lipinski definition) is 0. The number of fused-ring (bicyclic) bond motifs is 1. The SMILES string of the molecule is CCCc1nc2c(cc1C(=O)OCC)C(C)OC(C)C2. The van der Waals surface area contributed by atoms with Gasteiger partial charge in [0.1, 0.15) is 0 Å². The normalized spacial score (nSPS) is 21.4. The van der Waals surface area contributed by atoms with Gasteiger partial charge in [0, 0.05) is 17.7 Å². The maximum Gasteiger partial charge on any atom is 0.339 e. The first-order valence-electron chi connectivity index (χ1n) is 7.42. The van der Waals surface area contributed by atoms with Crippen molar-refractivity contribution in [3.05, 3.63) is 28.6 Å². The highest BCUT2D eigenvalue weighted by Gasteiger charge is 2.26. The number of hydrogen-bond acceptors (Lipinski definition) is 4. The second-order valence-corrected chi connectivity index (χ2v) is 5.28. The first kappa shape index (κ1) is 15.0. The third-order valence-corrected chi connectivity index (χ3v) is 3.55. The van der Waals surface area contributed by atoms with E-state index >= 15 is 0 Å². The molecular formula is C16H23NO3. The highest BCUT2D eigenvalue weighted by atomic mass is 16.5. The number of carbonyl (C=O) groups is 1. The van der Waals surface area contributed by atoms with E-state index in [0.29, 0.717) is 12.2 Å². The summed E-state index contributed by atoms with van der Waals surface area (Å²) in [5.41, 5.74) is 3.53. The minimum Gasteiger partial charge on any atom is -0.462 e. The average Bonchev–Trinajstić information content (AvgIpc) is 2.38. The quantitative estimate of drug-likeness (QED) is 0.793. The molecule has 2 rings (SSSR count). The molecule has 4 heteroatoms. The van der Waals surface area contributed by atoms with Crippen LogP contribution in [0.5, 0.6) is 0 Å². The number of esters is 1. The topological polar surface area (TPSA) is 48.4 Å². The lowest BCUT2D eigenvalue weighted by Gasteiger charge is -2.28. The van der Waals surface area contributed by atoms with Gasteiger partial charge in [-0.15, -0.1) is 0 Å². The summed E-state index contributed by atoms with van der Waals surface area (Å²) in [6.07, 6.45) is 2.71. The summed E-state index contributed by atoms with van der Waals surface area (Å²) in [7, 11) is 0. The molecule has 110 valence electrons. The standard InChI is InChI=1S/C16H23NO3/c1-5-7-14-13(16(18)19-6-2)9-12-11(4)20-10(3)8-15(12)17-14/h9-11H,5-8H2,1-4H3. The monoisotopic (exact) mass is 277 g/mol. The Morgan fingerprint density at radius 1 is 1.45 bits per heavy atom. The van der Waals surface area contributed by atoms with E-state index in [1.165, 1.54) is 0 Å². The fourth-order valence-corrected chi connectivity index (χ4v) is 2.68. The molecule has 0 radical (unpaired) electrons. The Bertz CT molecular complexity index is 499. The maximum atomic E-state index is 12.1. The number of aryl methyl sites for hydroxylation is 1.